The minimum atomic E-state index is 0.139. The average molecular weight is 363 g/mol. The summed E-state index contributed by atoms with van der Waals surface area (Å²) in [6.45, 7) is 4.01. The van der Waals surface area contributed by atoms with Crippen LogP contribution >= 0.6 is 11.3 Å². The van der Waals surface area contributed by atoms with Crippen LogP contribution < -0.4 is 4.74 Å². The van der Waals surface area contributed by atoms with Gasteiger partial charge in [0, 0.05) is 5.38 Å². The molecule has 0 bridgehead atoms. The number of furan rings is 1. The first-order valence-corrected chi connectivity index (χ1v) is 9.22. The largest absolute Gasteiger partial charge is 0.491 e. The molecule has 0 fully saturated rings. The van der Waals surface area contributed by atoms with Crippen LogP contribution in [0.5, 0.6) is 5.75 Å². The Morgan fingerprint density at radius 2 is 2.08 bits per heavy atom. The first-order valence-electron chi connectivity index (χ1n) is 8.34. The number of nitrogens with zero attached hydrogens (tertiary/aromatic N) is 3. The lowest BCUT2D eigenvalue weighted by atomic mass is 10.1. The van der Waals surface area contributed by atoms with Gasteiger partial charge < -0.3 is 9.15 Å². The fraction of sp³-hybridized carbons (Fsp3) is 0.200. The quantitative estimate of drug-likeness (QED) is 0.490. The highest BCUT2D eigenvalue weighted by Gasteiger charge is 2.20. The molecule has 3 aromatic heterocycles. The molecule has 0 aliphatic carbocycles. The van der Waals surface area contributed by atoms with E-state index in [0.717, 1.165) is 33.4 Å². The van der Waals surface area contributed by atoms with Gasteiger partial charge in [-0.2, -0.15) is 5.26 Å². The van der Waals surface area contributed by atoms with Crippen LogP contribution in [0.3, 0.4) is 0 Å². The van der Waals surface area contributed by atoms with E-state index in [4.69, 9.17) is 9.15 Å². The molecular weight excluding hydrogens is 346 g/mol. The van der Waals surface area contributed by atoms with E-state index >= 15 is 0 Å². The topological polar surface area (TPSA) is 63.5 Å². The second-order valence-corrected chi connectivity index (χ2v) is 6.99. The van der Waals surface area contributed by atoms with Crippen LogP contribution in [0.2, 0.25) is 0 Å². The van der Waals surface area contributed by atoms with E-state index in [9.17, 15) is 5.26 Å². The molecule has 0 N–H and O–H groups in total. The second kappa shape index (κ2) is 6.70. The van der Waals surface area contributed by atoms with Crippen molar-refractivity contribution in [3.05, 3.63) is 53.7 Å². The molecule has 26 heavy (non-hydrogen) atoms. The van der Waals surface area contributed by atoms with Gasteiger partial charge in [0.2, 0.25) is 0 Å². The van der Waals surface area contributed by atoms with Gasteiger partial charge in [0.15, 0.2) is 10.7 Å². The van der Waals surface area contributed by atoms with E-state index in [1.807, 2.05) is 54.6 Å². The van der Waals surface area contributed by atoms with Crippen LogP contribution in [-0.2, 0) is 6.42 Å². The lowest BCUT2D eigenvalue weighted by molar-refractivity contribution is 0.242. The molecule has 5 nitrogen and oxygen atoms in total. The van der Waals surface area contributed by atoms with Gasteiger partial charge in [0.1, 0.15) is 11.4 Å². The molecule has 0 aliphatic rings. The Hall–Kier alpha value is -3.04. The first-order chi connectivity index (χ1) is 12.7. The molecule has 0 atom stereocenters. The van der Waals surface area contributed by atoms with Gasteiger partial charge in [-0.3, -0.25) is 4.40 Å². The molecule has 6 heteroatoms. The molecule has 3 heterocycles. The van der Waals surface area contributed by atoms with Gasteiger partial charge in [0.25, 0.3) is 0 Å². The summed E-state index contributed by atoms with van der Waals surface area (Å²) in [7, 11) is 0. The summed E-state index contributed by atoms with van der Waals surface area (Å²) in [5.74, 6) is 1.52. The molecule has 0 aliphatic heterocycles. The van der Waals surface area contributed by atoms with Gasteiger partial charge in [0.05, 0.1) is 36.2 Å². The monoisotopic (exact) mass is 363 g/mol. The van der Waals surface area contributed by atoms with Gasteiger partial charge in [-0.25, -0.2) is 4.98 Å². The van der Waals surface area contributed by atoms with Crippen LogP contribution in [-0.4, -0.2) is 15.5 Å². The van der Waals surface area contributed by atoms with Crippen molar-refractivity contribution < 1.29 is 9.15 Å². The zero-order valence-electron chi connectivity index (χ0n) is 14.5. The molecule has 0 amide bonds. The molecule has 0 saturated heterocycles. The van der Waals surface area contributed by atoms with Crippen LogP contribution in [0, 0.1) is 11.3 Å². The zero-order valence-corrected chi connectivity index (χ0v) is 15.3. The maximum atomic E-state index is 9.30. The summed E-state index contributed by atoms with van der Waals surface area (Å²) in [5.41, 5.74) is 3.63. The Bertz CT molecular complexity index is 1070. The first kappa shape index (κ1) is 16.4. The third-order valence-electron chi connectivity index (χ3n) is 3.98. The number of hydrogen-bond acceptors (Lipinski definition) is 5. The number of rotatable bonds is 5. The highest BCUT2D eigenvalue weighted by Crippen LogP contribution is 2.34. The highest BCUT2D eigenvalue weighted by atomic mass is 32.1. The van der Waals surface area contributed by atoms with Crippen LogP contribution in [0.15, 0.2) is 52.5 Å². The maximum absolute atomic E-state index is 9.30. The number of nitriles is 1. The number of thiazole rings is 1. The van der Waals surface area contributed by atoms with E-state index in [1.54, 1.807) is 17.6 Å². The number of ether oxygens (including phenoxy) is 1. The average Bonchev–Trinajstić information content (AvgIpc) is 3.33. The molecule has 4 aromatic rings. The van der Waals surface area contributed by atoms with E-state index in [0.29, 0.717) is 5.76 Å². The molecule has 4 rings (SSSR count). The van der Waals surface area contributed by atoms with Crippen LogP contribution in [0.25, 0.3) is 27.7 Å². The Balaban J connectivity index is 1.82. The molecule has 0 radical (unpaired) electrons. The zero-order chi connectivity index (χ0) is 18.1. The predicted molar refractivity (Wildman–Crippen MR) is 101 cm³/mol. The minimum absolute atomic E-state index is 0.139. The normalized spacial score (nSPS) is 11.2. The number of imidazole rings is 1. The number of benzene rings is 1. The van der Waals surface area contributed by atoms with Crippen LogP contribution in [0.4, 0.5) is 0 Å². The van der Waals surface area contributed by atoms with Crippen molar-refractivity contribution in [2.24, 2.45) is 0 Å². The van der Waals surface area contributed by atoms with Crippen molar-refractivity contribution in [3.63, 3.8) is 0 Å². The Morgan fingerprint density at radius 1 is 1.27 bits per heavy atom. The highest BCUT2D eigenvalue weighted by molar-refractivity contribution is 7.15. The summed E-state index contributed by atoms with van der Waals surface area (Å²) >= 11 is 1.55. The molecular formula is C20H17N3O2S. The van der Waals surface area contributed by atoms with E-state index in [-0.39, 0.29) is 12.5 Å². The summed E-state index contributed by atoms with van der Waals surface area (Å²) in [4.78, 5) is 5.54. The third kappa shape index (κ3) is 2.87. The number of hydrogen-bond donors (Lipinski definition) is 0. The van der Waals surface area contributed by atoms with Gasteiger partial charge in [-0.15, -0.1) is 11.3 Å². The third-order valence-corrected chi connectivity index (χ3v) is 4.81. The molecule has 0 spiro atoms. The Morgan fingerprint density at radius 3 is 2.73 bits per heavy atom. The van der Waals surface area contributed by atoms with Crippen molar-refractivity contribution in [3.8, 4) is 34.5 Å². The Labute approximate surface area is 155 Å². The van der Waals surface area contributed by atoms with Gasteiger partial charge >= 0.3 is 0 Å². The summed E-state index contributed by atoms with van der Waals surface area (Å²) in [5, 5.41) is 11.4. The van der Waals surface area contributed by atoms with Gasteiger partial charge in [-0.05, 0) is 55.8 Å². The summed E-state index contributed by atoms with van der Waals surface area (Å²) in [6.07, 6.45) is 2.02. The van der Waals surface area contributed by atoms with Crippen LogP contribution in [0.1, 0.15) is 19.5 Å². The lowest BCUT2D eigenvalue weighted by Crippen LogP contribution is -2.05. The fourth-order valence-corrected chi connectivity index (χ4v) is 3.86. The van der Waals surface area contributed by atoms with E-state index in [2.05, 4.69) is 16.4 Å². The summed E-state index contributed by atoms with van der Waals surface area (Å²) in [6, 6.07) is 13.9. The summed E-state index contributed by atoms with van der Waals surface area (Å²) < 4.78 is 13.3. The molecule has 0 unspecified atom stereocenters. The van der Waals surface area contributed by atoms with Crippen molar-refractivity contribution in [1.29, 1.82) is 5.26 Å². The van der Waals surface area contributed by atoms with Gasteiger partial charge in [-0.1, -0.05) is 0 Å². The van der Waals surface area contributed by atoms with Crippen molar-refractivity contribution in [2.75, 3.05) is 0 Å². The second-order valence-electron chi connectivity index (χ2n) is 6.15. The van der Waals surface area contributed by atoms with Crippen molar-refractivity contribution >= 4 is 16.3 Å². The molecule has 130 valence electrons. The fourth-order valence-electron chi connectivity index (χ4n) is 2.94. The molecule has 1 aromatic carbocycles. The van der Waals surface area contributed by atoms with E-state index < -0.39 is 0 Å². The SMILES string of the molecule is CC(C)Oc1ccc(-c2csc3nc(-c4ccco4)c(CC#N)n23)cc1. The lowest BCUT2D eigenvalue weighted by Gasteiger charge is -2.10. The number of aromatic nitrogens is 2. The predicted octanol–water partition coefficient (Wildman–Crippen LogP) is 5.18. The molecule has 0 saturated carbocycles. The Kier molecular flexibility index (Phi) is 4.23. The van der Waals surface area contributed by atoms with E-state index in [1.165, 1.54) is 0 Å². The smallest absolute Gasteiger partial charge is 0.195 e. The van der Waals surface area contributed by atoms with Crippen molar-refractivity contribution in [1.82, 2.24) is 9.38 Å². The van der Waals surface area contributed by atoms with Crippen molar-refractivity contribution in [2.45, 2.75) is 26.4 Å². The standard InChI is InChI=1S/C20H17N3O2S/c1-13(2)25-15-7-5-14(6-8-15)17-12-26-20-22-19(18-4-3-11-24-18)16(9-10-21)23(17)20/h3-8,11-13H,9H2,1-2H3. The minimum Gasteiger partial charge on any atom is -0.491 e. The number of fused-ring (bicyclic) bond motifs is 1. The maximum Gasteiger partial charge on any atom is 0.195 e.